The Morgan fingerprint density at radius 2 is 1.05 bits per heavy atom. The van der Waals surface area contributed by atoms with Crippen molar-refractivity contribution in [2.45, 2.75) is 51.4 Å². The Bertz CT molecular complexity index is 3220. The lowest BCUT2D eigenvalue weighted by molar-refractivity contribution is 0.332. The van der Waals surface area contributed by atoms with Crippen LogP contribution in [0, 0.1) is 0 Å². The minimum Gasteiger partial charge on any atom is -0.456 e. The van der Waals surface area contributed by atoms with Crippen LogP contribution >= 0.6 is 0 Å². The zero-order chi connectivity index (χ0) is 37.8. The molecule has 0 atom stereocenters. The Hall–Kier alpha value is -6.59. The predicted molar refractivity (Wildman–Crippen MR) is 231 cm³/mol. The van der Waals surface area contributed by atoms with Gasteiger partial charge in [-0.1, -0.05) is 119 Å². The molecular formula is C51H40N4O. The molecule has 0 unspecified atom stereocenters. The summed E-state index contributed by atoms with van der Waals surface area (Å²) in [6, 6.07) is 51.6. The normalized spacial score (nSPS) is 14.9. The molecule has 0 amide bonds. The number of aromatic nitrogens is 4. The summed E-state index contributed by atoms with van der Waals surface area (Å²) in [4.78, 5) is 15.5. The molecule has 5 heteroatoms. The Balaban J connectivity index is 1.11. The van der Waals surface area contributed by atoms with E-state index in [1.165, 1.54) is 51.2 Å². The van der Waals surface area contributed by atoms with Crippen molar-refractivity contribution in [3.63, 3.8) is 0 Å². The van der Waals surface area contributed by atoms with Crippen LogP contribution in [0.15, 0.2) is 150 Å². The number of hydrogen-bond donors (Lipinski definition) is 0. The van der Waals surface area contributed by atoms with Crippen molar-refractivity contribution >= 4 is 54.5 Å². The second-order valence-electron chi connectivity index (χ2n) is 16.8. The molecule has 0 aliphatic heterocycles. The summed E-state index contributed by atoms with van der Waals surface area (Å²) in [6.07, 6.45) is 2.35. The number of rotatable bonds is 4. The lowest BCUT2D eigenvalue weighted by atomic mass is 9.63. The van der Waals surface area contributed by atoms with Gasteiger partial charge in [0.1, 0.15) is 11.2 Å². The third kappa shape index (κ3) is 5.11. The molecule has 0 spiro atoms. The molecule has 10 aromatic rings. The first-order valence-corrected chi connectivity index (χ1v) is 19.6. The Labute approximate surface area is 325 Å². The van der Waals surface area contributed by atoms with Crippen molar-refractivity contribution in [3.8, 4) is 39.9 Å². The molecule has 3 heterocycles. The summed E-state index contributed by atoms with van der Waals surface area (Å²) in [7, 11) is 0. The SMILES string of the molecule is CC1(C)CCC(C)(C)c2cc3c(cc21)c1ccccc1n3-c1cccc(-c2nc(-c3ccc4ccccc4c3)nc(-c3ccc4c(c3)oc3ccccc34)n2)c1. The standard InChI is InChI=1S/C51H40N4O/c1-50(2)24-25-51(3,4)42-30-44-40(29-41(42)50)37-16-7-9-18-43(37)55(44)36-15-11-14-33(27-36)47-52-48(34-21-20-31-12-5-6-13-32(31)26-34)54-49(53-47)35-22-23-39-38-17-8-10-19-45(38)56-46(39)28-35/h5-23,26-30H,24-25H2,1-4H3. The molecule has 11 rings (SSSR count). The molecule has 5 nitrogen and oxygen atoms in total. The van der Waals surface area contributed by atoms with Crippen LogP contribution in [-0.2, 0) is 10.8 Å². The van der Waals surface area contributed by atoms with E-state index in [0.717, 1.165) is 49.7 Å². The summed E-state index contributed by atoms with van der Waals surface area (Å²) in [5.74, 6) is 1.84. The summed E-state index contributed by atoms with van der Waals surface area (Å²) in [5.41, 5.74) is 11.0. The Kier molecular flexibility index (Phi) is 7.00. The van der Waals surface area contributed by atoms with Crippen LogP contribution in [0.3, 0.4) is 0 Å². The second kappa shape index (κ2) is 12.0. The minimum atomic E-state index is 0.0913. The molecule has 0 saturated carbocycles. The summed E-state index contributed by atoms with van der Waals surface area (Å²) < 4.78 is 8.73. The average molecular weight is 725 g/mol. The number of para-hydroxylation sites is 2. The third-order valence-electron chi connectivity index (χ3n) is 12.3. The highest BCUT2D eigenvalue weighted by molar-refractivity contribution is 6.10. The van der Waals surface area contributed by atoms with Crippen LogP contribution in [0.2, 0.25) is 0 Å². The molecule has 0 fully saturated rings. The van der Waals surface area contributed by atoms with Gasteiger partial charge in [0, 0.05) is 43.9 Å². The van der Waals surface area contributed by atoms with E-state index in [1.54, 1.807) is 0 Å². The van der Waals surface area contributed by atoms with E-state index in [1.807, 2.05) is 18.2 Å². The maximum Gasteiger partial charge on any atom is 0.164 e. The van der Waals surface area contributed by atoms with E-state index in [2.05, 4.69) is 160 Å². The van der Waals surface area contributed by atoms with Gasteiger partial charge in [-0.25, -0.2) is 15.0 Å². The Morgan fingerprint density at radius 1 is 0.446 bits per heavy atom. The summed E-state index contributed by atoms with van der Waals surface area (Å²) in [5, 5.41) is 7.03. The van der Waals surface area contributed by atoms with E-state index >= 15 is 0 Å². The van der Waals surface area contributed by atoms with Gasteiger partial charge in [-0.2, -0.15) is 0 Å². The fraction of sp³-hybridized carbons (Fsp3) is 0.157. The highest BCUT2D eigenvalue weighted by Crippen LogP contribution is 2.48. The molecule has 3 aromatic heterocycles. The van der Waals surface area contributed by atoms with Crippen molar-refractivity contribution < 1.29 is 4.42 Å². The molecule has 1 aliphatic carbocycles. The molecule has 56 heavy (non-hydrogen) atoms. The topological polar surface area (TPSA) is 56.7 Å². The van der Waals surface area contributed by atoms with Gasteiger partial charge in [-0.05, 0) is 100 Å². The first-order valence-electron chi connectivity index (χ1n) is 19.6. The van der Waals surface area contributed by atoms with Crippen LogP contribution in [-0.4, -0.2) is 19.5 Å². The monoisotopic (exact) mass is 724 g/mol. The van der Waals surface area contributed by atoms with Gasteiger partial charge in [0.2, 0.25) is 0 Å². The van der Waals surface area contributed by atoms with Crippen LogP contribution < -0.4 is 0 Å². The highest BCUT2D eigenvalue weighted by atomic mass is 16.3. The molecule has 0 saturated heterocycles. The van der Waals surface area contributed by atoms with Crippen molar-refractivity contribution in [3.05, 3.63) is 157 Å². The number of benzene rings is 7. The molecule has 0 N–H and O–H groups in total. The lowest BCUT2D eigenvalue weighted by Gasteiger charge is -2.42. The van der Waals surface area contributed by atoms with Gasteiger partial charge in [0.25, 0.3) is 0 Å². The number of hydrogen-bond acceptors (Lipinski definition) is 4. The molecule has 7 aromatic carbocycles. The lowest BCUT2D eigenvalue weighted by Crippen LogP contribution is -2.33. The molecule has 0 bridgehead atoms. The quantitative estimate of drug-likeness (QED) is 0.181. The Morgan fingerprint density at radius 3 is 1.84 bits per heavy atom. The molecule has 1 aliphatic rings. The fourth-order valence-corrected chi connectivity index (χ4v) is 9.05. The van der Waals surface area contributed by atoms with Gasteiger partial charge in [0.05, 0.1) is 11.0 Å². The average Bonchev–Trinajstić information content (AvgIpc) is 3.77. The van der Waals surface area contributed by atoms with Gasteiger partial charge < -0.3 is 8.98 Å². The highest BCUT2D eigenvalue weighted by Gasteiger charge is 2.38. The second-order valence-corrected chi connectivity index (χ2v) is 16.8. The van der Waals surface area contributed by atoms with Gasteiger partial charge in [0.15, 0.2) is 17.5 Å². The van der Waals surface area contributed by atoms with Crippen molar-refractivity contribution in [2.24, 2.45) is 0 Å². The van der Waals surface area contributed by atoms with E-state index in [9.17, 15) is 0 Å². The first-order chi connectivity index (χ1) is 27.2. The fourth-order valence-electron chi connectivity index (χ4n) is 9.05. The van der Waals surface area contributed by atoms with Crippen LogP contribution in [0.4, 0.5) is 0 Å². The summed E-state index contributed by atoms with van der Waals surface area (Å²) >= 11 is 0. The largest absolute Gasteiger partial charge is 0.456 e. The molecule has 270 valence electrons. The predicted octanol–water partition coefficient (Wildman–Crippen LogP) is 13.4. The van der Waals surface area contributed by atoms with E-state index in [-0.39, 0.29) is 10.8 Å². The van der Waals surface area contributed by atoms with Crippen molar-refractivity contribution in [2.75, 3.05) is 0 Å². The molecule has 0 radical (unpaired) electrons. The minimum absolute atomic E-state index is 0.0913. The first kappa shape index (κ1) is 32.8. The van der Waals surface area contributed by atoms with E-state index in [0.29, 0.717) is 17.5 Å². The number of nitrogens with zero attached hydrogens (tertiary/aromatic N) is 4. The smallest absolute Gasteiger partial charge is 0.164 e. The van der Waals surface area contributed by atoms with E-state index in [4.69, 9.17) is 19.4 Å². The van der Waals surface area contributed by atoms with Gasteiger partial charge >= 0.3 is 0 Å². The van der Waals surface area contributed by atoms with Gasteiger partial charge in [-0.3, -0.25) is 0 Å². The number of fused-ring (bicyclic) bond motifs is 8. The number of furan rings is 1. The molecular weight excluding hydrogens is 685 g/mol. The van der Waals surface area contributed by atoms with Crippen molar-refractivity contribution in [1.29, 1.82) is 0 Å². The summed E-state index contributed by atoms with van der Waals surface area (Å²) in [6.45, 7) is 9.61. The van der Waals surface area contributed by atoms with Crippen LogP contribution in [0.1, 0.15) is 51.7 Å². The van der Waals surface area contributed by atoms with E-state index < -0.39 is 0 Å². The maximum absolute atomic E-state index is 6.30. The van der Waals surface area contributed by atoms with Crippen LogP contribution in [0.5, 0.6) is 0 Å². The zero-order valence-electron chi connectivity index (χ0n) is 32.0. The maximum atomic E-state index is 6.30. The van der Waals surface area contributed by atoms with Crippen molar-refractivity contribution in [1.82, 2.24) is 19.5 Å². The zero-order valence-corrected chi connectivity index (χ0v) is 32.0. The van der Waals surface area contributed by atoms with Crippen LogP contribution in [0.25, 0.3) is 94.4 Å². The third-order valence-corrected chi connectivity index (χ3v) is 12.3. The van der Waals surface area contributed by atoms with Gasteiger partial charge in [-0.15, -0.1) is 0 Å².